The summed E-state index contributed by atoms with van der Waals surface area (Å²) in [5.41, 5.74) is 1.40. The van der Waals surface area contributed by atoms with Crippen molar-refractivity contribution >= 4 is 44.0 Å². The maximum Gasteiger partial charge on any atom is 0.247 e. The Balaban J connectivity index is 1.89. The van der Waals surface area contributed by atoms with E-state index in [0.717, 1.165) is 16.2 Å². The van der Waals surface area contributed by atoms with Gasteiger partial charge in [0.25, 0.3) is 0 Å². The van der Waals surface area contributed by atoms with Crippen LogP contribution in [0.1, 0.15) is 25.3 Å². The van der Waals surface area contributed by atoms with Crippen LogP contribution in [0.2, 0.25) is 0 Å². The smallest absolute Gasteiger partial charge is 0.224 e. The van der Waals surface area contributed by atoms with E-state index < -0.39 is 10.0 Å². The van der Waals surface area contributed by atoms with Gasteiger partial charge in [-0.2, -0.15) is 0 Å². The van der Waals surface area contributed by atoms with Gasteiger partial charge in [-0.3, -0.25) is 0 Å². The first kappa shape index (κ1) is 16.9. The third-order valence-electron chi connectivity index (χ3n) is 3.48. The molecule has 2 N–H and O–H groups in total. The highest BCUT2D eigenvalue weighted by Gasteiger charge is 2.15. The largest absolute Gasteiger partial charge is 0.247 e. The standard InChI is InChI=1S/C16H17NO2S4/c1-2-3-4-11-9-10-20-16(11)14-6-5-12(21-14)13-7-8-15(22-13)23(17,18)19/h5-10H,2-4H2,1H3,(H2,17,18,19). The predicted octanol–water partition coefficient (Wildman–Crippen LogP) is 5.20. The molecule has 0 bridgehead atoms. The Labute approximate surface area is 148 Å². The van der Waals surface area contributed by atoms with Crippen LogP contribution >= 0.6 is 34.0 Å². The van der Waals surface area contributed by atoms with E-state index in [1.807, 2.05) is 6.07 Å². The minimum Gasteiger partial charge on any atom is -0.224 e. The van der Waals surface area contributed by atoms with Crippen LogP contribution < -0.4 is 5.14 Å². The summed E-state index contributed by atoms with van der Waals surface area (Å²) in [4.78, 5) is 4.59. The fourth-order valence-corrected chi connectivity index (χ4v) is 6.26. The van der Waals surface area contributed by atoms with E-state index in [2.05, 4.69) is 30.5 Å². The molecule has 3 rings (SSSR count). The Morgan fingerprint density at radius 1 is 1.00 bits per heavy atom. The van der Waals surface area contributed by atoms with Crippen LogP contribution in [0.25, 0.3) is 19.5 Å². The third kappa shape index (κ3) is 3.75. The zero-order valence-corrected chi connectivity index (χ0v) is 15.9. The van der Waals surface area contributed by atoms with Crippen LogP contribution in [0.5, 0.6) is 0 Å². The molecular weight excluding hydrogens is 366 g/mol. The van der Waals surface area contributed by atoms with Gasteiger partial charge in [0.2, 0.25) is 10.0 Å². The normalized spacial score (nSPS) is 11.9. The molecule has 7 heteroatoms. The molecule has 23 heavy (non-hydrogen) atoms. The number of sulfonamides is 1. The molecule has 0 amide bonds. The summed E-state index contributed by atoms with van der Waals surface area (Å²) >= 11 is 4.69. The van der Waals surface area contributed by atoms with Crippen molar-refractivity contribution in [2.75, 3.05) is 0 Å². The van der Waals surface area contributed by atoms with E-state index in [1.54, 1.807) is 28.7 Å². The number of aryl methyl sites for hydroxylation is 1. The second kappa shape index (κ2) is 6.86. The van der Waals surface area contributed by atoms with E-state index in [9.17, 15) is 8.42 Å². The Kier molecular flexibility index (Phi) is 5.03. The van der Waals surface area contributed by atoms with Crippen molar-refractivity contribution in [3.05, 3.63) is 41.3 Å². The monoisotopic (exact) mass is 383 g/mol. The van der Waals surface area contributed by atoms with Gasteiger partial charge in [0.1, 0.15) is 4.21 Å². The van der Waals surface area contributed by atoms with E-state index in [1.165, 1.54) is 39.5 Å². The average molecular weight is 384 g/mol. The maximum absolute atomic E-state index is 11.4. The zero-order chi connectivity index (χ0) is 16.4. The molecule has 0 atom stereocenters. The summed E-state index contributed by atoms with van der Waals surface area (Å²) in [6.07, 6.45) is 3.50. The Morgan fingerprint density at radius 2 is 1.70 bits per heavy atom. The first-order chi connectivity index (χ1) is 11.0. The number of thiophene rings is 3. The van der Waals surface area contributed by atoms with Crippen LogP contribution in [-0.4, -0.2) is 8.42 Å². The zero-order valence-electron chi connectivity index (χ0n) is 12.6. The summed E-state index contributed by atoms with van der Waals surface area (Å²) in [6.45, 7) is 2.20. The molecule has 0 aliphatic carbocycles. The second-order valence-electron chi connectivity index (χ2n) is 5.21. The third-order valence-corrected chi connectivity index (χ3v) is 8.42. The van der Waals surface area contributed by atoms with E-state index in [-0.39, 0.29) is 4.21 Å². The van der Waals surface area contributed by atoms with Crippen molar-refractivity contribution in [2.24, 2.45) is 5.14 Å². The molecule has 0 aliphatic rings. The van der Waals surface area contributed by atoms with Gasteiger partial charge in [-0.1, -0.05) is 13.3 Å². The van der Waals surface area contributed by atoms with E-state index >= 15 is 0 Å². The molecule has 3 nitrogen and oxygen atoms in total. The highest BCUT2D eigenvalue weighted by Crippen LogP contribution is 2.41. The predicted molar refractivity (Wildman–Crippen MR) is 101 cm³/mol. The molecule has 0 aromatic carbocycles. The summed E-state index contributed by atoms with van der Waals surface area (Å²) in [6, 6.07) is 9.79. The molecule has 0 spiro atoms. The molecule has 0 unspecified atom stereocenters. The van der Waals surface area contributed by atoms with Gasteiger partial charge < -0.3 is 0 Å². The topological polar surface area (TPSA) is 60.2 Å². The van der Waals surface area contributed by atoms with Gasteiger partial charge in [-0.15, -0.1) is 34.0 Å². The van der Waals surface area contributed by atoms with Crippen molar-refractivity contribution in [1.82, 2.24) is 0 Å². The van der Waals surface area contributed by atoms with Crippen molar-refractivity contribution in [2.45, 2.75) is 30.4 Å². The number of hydrogen-bond acceptors (Lipinski definition) is 5. The Morgan fingerprint density at radius 3 is 2.39 bits per heavy atom. The highest BCUT2D eigenvalue weighted by atomic mass is 32.2. The van der Waals surface area contributed by atoms with Gasteiger partial charge in [0.15, 0.2) is 0 Å². The first-order valence-electron chi connectivity index (χ1n) is 7.28. The first-order valence-corrected chi connectivity index (χ1v) is 11.3. The van der Waals surface area contributed by atoms with Crippen molar-refractivity contribution in [3.8, 4) is 19.5 Å². The van der Waals surface area contributed by atoms with Crippen molar-refractivity contribution < 1.29 is 8.42 Å². The highest BCUT2D eigenvalue weighted by molar-refractivity contribution is 7.91. The molecular formula is C16H17NO2S4. The van der Waals surface area contributed by atoms with Crippen LogP contribution in [0, 0.1) is 0 Å². The number of hydrogen-bond donors (Lipinski definition) is 1. The lowest BCUT2D eigenvalue weighted by atomic mass is 10.1. The van der Waals surface area contributed by atoms with Crippen LogP contribution in [0.15, 0.2) is 39.9 Å². The lowest BCUT2D eigenvalue weighted by molar-refractivity contribution is 0.600. The molecule has 0 radical (unpaired) electrons. The van der Waals surface area contributed by atoms with Gasteiger partial charge >= 0.3 is 0 Å². The maximum atomic E-state index is 11.4. The van der Waals surface area contributed by atoms with E-state index in [4.69, 9.17) is 5.14 Å². The minimum absolute atomic E-state index is 0.210. The van der Waals surface area contributed by atoms with Crippen LogP contribution in [0.3, 0.4) is 0 Å². The molecule has 3 aromatic heterocycles. The molecule has 3 aromatic rings. The fraction of sp³-hybridized carbons (Fsp3) is 0.250. The summed E-state index contributed by atoms with van der Waals surface area (Å²) in [5, 5.41) is 7.33. The van der Waals surface area contributed by atoms with Gasteiger partial charge in [-0.25, -0.2) is 13.6 Å². The number of unbranched alkanes of at least 4 members (excludes halogenated alkanes) is 1. The average Bonchev–Trinajstić information content (AvgIpc) is 3.21. The number of rotatable bonds is 6. The number of nitrogens with two attached hydrogens (primary N) is 1. The molecule has 0 saturated heterocycles. The molecule has 0 fully saturated rings. The molecule has 3 heterocycles. The second-order valence-corrected chi connectivity index (χ2v) is 10.1. The van der Waals surface area contributed by atoms with E-state index in [0.29, 0.717) is 0 Å². The molecule has 122 valence electrons. The van der Waals surface area contributed by atoms with Gasteiger partial charge in [0.05, 0.1) is 0 Å². The SMILES string of the molecule is CCCCc1ccsc1-c1ccc(-c2ccc(S(N)(=O)=O)s2)s1. The quantitative estimate of drug-likeness (QED) is 0.636. The Hall–Kier alpha value is -0.990. The summed E-state index contributed by atoms with van der Waals surface area (Å²) in [7, 11) is -3.62. The van der Waals surface area contributed by atoms with Crippen molar-refractivity contribution in [3.63, 3.8) is 0 Å². The lowest BCUT2D eigenvalue weighted by Crippen LogP contribution is -2.09. The van der Waals surface area contributed by atoms with Crippen LogP contribution in [0.4, 0.5) is 0 Å². The minimum atomic E-state index is -3.62. The Bertz CT molecular complexity index is 902. The lowest BCUT2D eigenvalue weighted by Gasteiger charge is -2.00. The van der Waals surface area contributed by atoms with Gasteiger partial charge in [-0.05, 0) is 54.1 Å². The molecule has 0 saturated carbocycles. The summed E-state index contributed by atoms with van der Waals surface area (Å²) < 4.78 is 23.0. The number of primary sulfonamides is 1. The van der Waals surface area contributed by atoms with Gasteiger partial charge in [0, 0.05) is 19.5 Å². The molecule has 0 aliphatic heterocycles. The van der Waals surface area contributed by atoms with Crippen molar-refractivity contribution in [1.29, 1.82) is 0 Å². The fourth-order valence-electron chi connectivity index (χ4n) is 2.31. The summed E-state index contributed by atoms with van der Waals surface area (Å²) in [5.74, 6) is 0. The van der Waals surface area contributed by atoms with Crippen LogP contribution in [-0.2, 0) is 16.4 Å².